The molecule has 0 spiro atoms. The summed E-state index contributed by atoms with van der Waals surface area (Å²) in [6, 6.07) is 5.56. The van der Waals surface area contributed by atoms with E-state index in [1.165, 1.54) is 0 Å². The summed E-state index contributed by atoms with van der Waals surface area (Å²) in [7, 11) is 1.85. The Kier molecular flexibility index (Phi) is 2.37. The standard InChI is InChI=1S/C9H9ClN4/c1-11-8-3-2-7(10)6-9(8)14-5-4-12-13-14/h2-6,11H,1H3. The van der Waals surface area contributed by atoms with Gasteiger partial charge in [-0.05, 0) is 18.2 Å². The number of halogens is 1. The molecule has 0 unspecified atom stereocenters. The van der Waals surface area contributed by atoms with Crippen molar-refractivity contribution >= 4 is 17.3 Å². The summed E-state index contributed by atoms with van der Waals surface area (Å²) in [6.07, 6.45) is 3.40. The lowest BCUT2D eigenvalue weighted by Crippen LogP contribution is -2.00. The molecular weight excluding hydrogens is 200 g/mol. The highest BCUT2D eigenvalue weighted by Gasteiger charge is 2.04. The van der Waals surface area contributed by atoms with E-state index in [-0.39, 0.29) is 0 Å². The second-order valence-corrected chi connectivity index (χ2v) is 3.20. The van der Waals surface area contributed by atoms with Gasteiger partial charge in [0.05, 0.1) is 23.8 Å². The molecule has 0 aliphatic rings. The van der Waals surface area contributed by atoms with Crippen molar-refractivity contribution in [2.75, 3.05) is 12.4 Å². The molecule has 5 heteroatoms. The first-order valence-corrected chi connectivity index (χ1v) is 4.53. The number of aromatic nitrogens is 3. The Morgan fingerprint density at radius 2 is 2.29 bits per heavy atom. The van der Waals surface area contributed by atoms with Crippen LogP contribution in [0.4, 0.5) is 5.69 Å². The summed E-state index contributed by atoms with van der Waals surface area (Å²) in [6.45, 7) is 0. The van der Waals surface area contributed by atoms with Gasteiger partial charge in [-0.25, -0.2) is 4.68 Å². The molecule has 1 aromatic heterocycles. The predicted molar refractivity (Wildman–Crippen MR) is 55.9 cm³/mol. The summed E-state index contributed by atoms with van der Waals surface area (Å²) >= 11 is 5.90. The maximum absolute atomic E-state index is 5.90. The van der Waals surface area contributed by atoms with Crippen LogP contribution in [0.25, 0.3) is 5.69 Å². The maximum atomic E-state index is 5.90. The minimum atomic E-state index is 0.675. The first-order chi connectivity index (χ1) is 6.81. The quantitative estimate of drug-likeness (QED) is 0.821. The molecule has 0 bridgehead atoms. The van der Waals surface area contributed by atoms with E-state index in [1.54, 1.807) is 17.1 Å². The molecule has 0 fully saturated rings. The SMILES string of the molecule is CNc1ccc(Cl)cc1-n1ccnn1. The Morgan fingerprint density at radius 1 is 1.43 bits per heavy atom. The fourth-order valence-corrected chi connectivity index (χ4v) is 1.41. The number of hydrogen-bond acceptors (Lipinski definition) is 3. The molecule has 72 valence electrons. The van der Waals surface area contributed by atoms with E-state index in [2.05, 4.69) is 15.6 Å². The minimum Gasteiger partial charge on any atom is -0.386 e. The molecule has 0 saturated carbocycles. The lowest BCUT2D eigenvalue weighted by molar-refractivity contribution is 0.804. The number of benzene rings is 1. The molecule has 1 aromatic carbocycles. The first kappa shape index (κ1) is 9.02. The zero-order chi connectivity index (χ0) is 9.97. The molecule has 0 radical (unpaired) electrons. The van der Waals surface area contributed by atoms with Crippen LogP contribution in [-0.2, 0) is 0 Å². The third-order valence-electron chi connectivity index (χ3n) is 1.90. The van der Waals surface area contributed by atoms with Crippen molar-refractivity contribution in [3.8, 4) is 5.69 Å². The molecule has 0 amide bonds. The summed E-state index contributed by atoms with van der Waals surface area (Å²) < 4.78 is 1.66. The highest BCUT2D eigenvalue weighted by molar-refractivity contribution is 6.30. The third kappa shape index (κ3) is 1.56. The predicted octanol–water partition coefficient (Wildman–Crippen LogP) is 1.96. The van der Waals surface area contributed by atoms with Gasteiger partial charge in [0, 0.05) is 12.1 Å². The van der Waals surface area contributed by atoms with Gasteiger partial charge in [-0.1, -0.05) is 16.8 Å². The van der Waals surface area contributed by atoms with Crippen molar-refractivity contribution in [1.29, 1.82) is 0 Å². The highest BCUT2D eigenvalue weighted by Crippen LogP contribution is 2.22. The van der Waals surface area contributed by atoms with Gasteiger partial charge in [-0.15, -0.1) is 5.10 Å². The van der Waals surface area contributed by atoms with Crippen LogP contribution < -0.4 is 5.32 Å². The molecular formula is C9H9ClN4. The van der Waals surface area contributed by atoms with Gasteiger partial charge in [0.25, 0.3) is 0 Å². The van der Waals surface area contributed by atoms with Crippen LogP contribution in [0.15, 0.2) is 30.6 Å². The minimum absolute atomic E-state index is 0.675. The molecule has 0 atom stereocenters. The summed E-state index contributed by atoms with van der Waals surface area (Å²) in [5.41, 5.74) is 1.84. The molecule has 2 rings (SSSR count). The number of nitrogens with zero attached hydrogens (tertiary/aromatic N) is 3. The average Bonchev–Trinajstić information content (AvgIpc) is 2.70. The Bertz CT molecular complexity index is 424. The van der Waals surface area contributed by atoms with E-state index in [9.17, 15) is 0 Å². The van der Waals surface area contributed by atoms with Crippen LogP contribution >= 0.6 is 11.6 Å². The Balaban J connectivity index is 2.55. The van der Waals surface area contributed by atoms with Crippen LogP contribution in [0, 0.1) is 0 Å². The van der Waals surface area contributed by atoms with Gasteiger partial charge in [0.2, 0.25) is 0 Å². The van der Waals surface area contributed by atoms with Crippen molar-refractivity contribution in [3.05, 3.63) is 35.6 Å². The van der Waals surface area contributed by atoms with Crippen LogP contribution in [0.2, 0.25) is 5.02 Å². The third-order valence-corrected chi connectivity index (χ3v) is 2.13. The van der Waals surface area contributed by atoms with E-state index in [0.29, 0.717) is 5.02 Å². The van der Waals surface area contributed by atoms with Crippen LogP contribution in [0.5, 0.6) is 0 Å². The van der Waals surface area contributed by atoms with Crippen LogP contribution in [-0.4, -0.2) is 22.0 Å². The van der Waals surface area contributed by atoms with Gasteiger partial charge in [-0.2, -0.15) is 0 Å². The highest BCUT2D eigenvalue weighted by atomic mass is 35.5. The zero-order valence-electron chi connectivity index (χ0n) is 7.61. The van der Waals surface area contributed by atoms with Gasteiger partial charge < -0.3 is 5.32 Å². The molecule has 14 heavy (non-hydrogen) atoms. The van der Waals surface area contributed by atoms with Gasteiger partial charge in [-0.3, -0.25) is 0 Å². The first-order valence-electron chi connectivity index (χ1n) is 4.15. The number of anilines is 1. The molecule has 1 heterocycles. The van der Waals surface area contributed by atoms with Gasteiger partial charge in [0.1, 0.15) is 0 Å². The largest absolute Gasteiger partial charge is 0.386 e. The Hall–Kier alpha value is -1.55. The topological polar surface area (TPSA) is 42.7 Å². The average molecular weight is 209 g/mol. The lowest BCUT2D eigenvalue weighted by atomic mass is 10.2. The Labute approximate surface area is 86.5 Å². The summed E-state index contributed by atoms with van der Waals surface area (Å²) in [5.74, 6) is 0. The van der Waals surface area contributed by atoms with Crippen molar-refractivity contribution in [1.82, 2.24) is 15.0 Å². The van der Waals surface area contributed by atoms with Crippen molar-refractivity contribution in [2.45, 2.75) is 0 Å². The molecule has 4 nitrogen and oxygen atoms in total. The fraction of sp³-hybridized carbons (Fsp3) is 0.111. The van der Waals surface area contributed by atoms with E-state index >= 15 is 0 Å². The number of hydrogen-bond donors (Lipinski definition) is 1. The van der Waals surface area contributed by atoms with E-state index in [4.69, 9.17) is 11.6 Å². The normalized spacial score (nSPS) is 10.1. The van der Waals surface area contributed by atoms with Crippen LogP contribution in [0.3, 0.4) is 0 Å². The Morgan fingerprint density at radius 3 is 2.93 bits per heavy atom. The molecule has 0 saturated heterocycles. The van der Waals surface area contributed by atoms with Crippen molar-refractivity contribution in [2.24, 2.45) is 0 Å². The fourth-order valence-electron chi connectivity index (χ4n) is 1.24. The lowest BCUT2D eigenvalue weighted by Gasteiger charge is -2.08. The zero-order valence-corrected chi connectivity index (χ0v) is 8.36. The van der Waals surface area contributed by atoms with Crippen LogP contribution in [0.1, 0.15) is 0 Å². The second-order valence-electron chi connectivity index (χ2n) is 2.76. The van der Waals surface area contributed by atoms with Gasteiger partial charge in [0.15, 0.2) is 0 Å². The van der Waals surface area contributed by atoms with E-state index in [1.807, 2.05) is 25.2 Å². The van der Waals surface area contributed by atoms with E-state index < -0.39 is 0 Å². The van der Waals surface area contributed by atoms with Gasteiger partial charge >= 0.3 is 0 Å². The molecule has 1 N–H and O–H groups in total. The molecule has 0 aliphatic carbocycles. The molecule has 2 aromatic rings. The number of rotatable bonds is 2. The molecule has 0 aliphatic heterocycles. The summed E-state index contributed by atoms with van der Waals surface area (Å²) in [5, 5.41) is 11.4. The van der Waals surface area contributed by atoms with E-state index in [0.717, 1.165) is 11.4 Å². The monoisotopic (exact) mass is 208 g/mol. The van der Waals surface area contributed by atoms with Crippen molar-refractivity contribution in [3.63, 3.8) is 0 Å². The number of nitrogens with one attached hydrogen (secondary N) is 1. The van der Waals surface area contributed by atoms with Crippen molar-refractivity contribution < 1.29 is 0 Å². The second kappa shape index (κ2) is 3.67. The summed E-state index contributed by atoms with van der Waals surface area (Å²) in [4.78, 5) is 0. The smallest absolute Gasteiger partial charge is 0.0909 e. The maximum Gasteiger partial charge on any atom is 0.0909 e.